The summed E-state index contributed by atoms with van der Waals surface area (Å²) in [5, 5.41) is 4.79. The highest BCUT2D eigenvalue weighted by atomic mass is 32.2. The molecule has 1 saturated heterocycles. The van der Waals surface area contributed by atoms with Gasteiger partial charge in [-0.3, -0.25) is 4.98 Å². The molecule has 2 aromatic rings. The van der Waals surface area contributed by atoms with E-state index < -0.39 is 10.0 Å². The lowest BCUT2D eigenvalue weighted by Crippen LogP contribution is -2.50. The Kier molecular flexibility index (Phi) is 5.18. The summed E-state index contributed by atoms with van der Waals surface area (Å²) in [7, 11) is -3.09. The summed E-state index contributed by atoms with van der Waals surface area (Å²) in [6, 6.07) is 10.6. The Hall–Kier alpha value is -1.50. The van der Waals surface area contributed by atoms with Crippen LogP contribution in [0.1, 0.15) is 25.3 Å². The molecule has 1 N–H and O–H groups in total. The number of aromatic nitrogens is 1. The number of para-hydroxylation sites is 1. The largest absolute Gasteiger partial charge is 0.309 e. The lowest BCUT2D eigenvalue weighted by Gasteiger charge is -2.37. The molecule has 0 radical (unpaired) electrons. The first-order valence-corrected chi connectivity index (χ1v) is 10.3. The predicted octanol–water partition coefficient (Wildman–Crippen LogP) is 2.38. The van der Waals surface area contributed by atoms with Gasteiger partial charge in [0.25, 0.3) is 0 Å². The minimum Gasteiger partial charge on any atom is -0.309 e. The maximum absolute atomic E-state index is 11.8. The van der Waals surface area contributed by atoms with Crippen molar-refractivity contribution in [3.8, 4) is 0 Å². The van der Waals surface area contributed by atoms with Crippen molar-refractivity contribution in [2.45, 2.75) is 32.4 Å². The standard InChI is InChI=1S/C18H25N3O2S/c1-3-14-13-21(24(2,22)23)11-9-17(14)20-12-16-7-4-6-15-8-5-10-19-18(15)16/h4-8,10,14,17,20H,3,9,11-13H2,1-2H3/t14-,17+/m0/s1. The molecule has 1 aromatic heterocycles. The fourth-order valence-electron chi connectivity index (χ4n) is 3.53. The van der Waals surface area contributed by atoms with E-state index in [0.717, 1.165) is 30.3 Å². The molecule has 1 aliphatic rings. The highest BCUT2D eigenvalue weighted by molar-refractivity contribution is 7.88. The second-order valence-electron chi connectivity index (χ2n) is 6.56. The quantitative estimate of drug-likeness (QED) is 0.902. The molecular weight excluding hydrogens is 322 g/mol. The van der Waals surface area contributed by atoms with Gasteiger partial charge >= 0.3 is 0 Å². The summed E-state index contributed by atoms with van der Waals surface area (Å²) >= 11 is 0. The number of nitrogens with one attached hydrogen (secondary N) is 1. The number of rotatable bonds is 5. The molecule has 24 heavy (non-hydrogen) atoms. The third kappa shape index (κ3) is 3.77. The first-order chi connectivity index (χ1) is 11.5. The van der Waals surface area contributed by atoms with Crippen LogP contribution in [-0.4, -0.2) is 43.1 Å². The average Bonchev–Trinajstić information content (AvgIpc) is 2.59. The van der Waals surface area contributed by atoms with Crippen molar-refractivity contribution in [3.63, 3.8) is 0 Å². The number of fused-ring (bicyclic) bond motifs is 1. The minimum atomic E-state index is -3.09. The fourth-order valence-corrected chi connectivity index (χ4v) is 4.43. The second kappa shape index (κ2) is 7.17. The van der Waals surface area contributed by atoms with Crippen LogP contribution in [0.25, 0.3) is 10.9 Å². The maximum atomic E-state index is 11.8. The highest BCUT2D eigenvalue weighted by Crippen LogP contribution is 2.23. The highest BCUT2D eigenvalue weighted by Gasteiger charge is 2.31. The van der Waals surface area contributed by atoms with Gasteiger partial charge in [-0.05, 0) is 24.0 Å². The van der Waals surface area contributed by atoms with E-state index in [2.05, 4.69) is 41.5 Å². The normalized spacial score (nSPS) is 22.8. The SMILES string of the molecule is CC[C@H]1CN(S(C)(=O)=O)CC[C@H]1NCc1cccc2cccnc12. The van der Waals surface area contributed by atoms with Crippen LogP contribution in [0.4, 0.5) is 0 Å². The number of sulfonamides is 1. The molecule has 3 rings (SSSR count). The van der Waals surface area contributed by atoms with Crippen LogP contribution in [0.15, 0.2) is 36.5 Å². The van der Waals surface area contributed by atoms with E-state index in [1.807, 2.05) is 12.3 Å². The molecule has 0 bridgehead atoms. The Labute approximate surface area is 144 Å². The lowest BCUT2D eigenvalue weighted by atomic mass is 9.91. The molecule has 0 spiro atoms. The van der Waals surface area contributed by atoms with E-state index in [0.29, 0.717) is 25.0 Å². The number of nitrogens with zero attached hydrogens (tertiary/aromatic N) is 2. The molecule has 130 valence electrons. The van der Waals surface area contributed by atoms with E-state index >= 15 is 0 Å². The maximum Gasteiger partial charge on any atom is 0.211 e. The zero-order valence-corrected chi connectivity index (χ0v) is 15.1. The molecule has 0 unspecified atom stereocenters. The summed E-state index contributed by atoms with van der Waals surface area (Å²) in [6.07, 6.45) is 4.95. The van der Waals surface area contributed by atoms with Crippen LogP contribution in [0.5, 0.6) is 0 Å². The van der Waals surface area contributed by atoms with E-state index in [-0.39, 0.29) is 0 Å². The smallest absolute Gasteiger partial charge is 0.211 e. The minimum absolute atomic E-state index is 0.340. The molecule has 2 atom stereocenters. The van der Waals surface area contributed by atoms with Crippen LogP contribution >= 0.6 is 0 Å². The van der Waals surface area contributed by atoms with Gasteiger partial charge in [-0.15, -0.1) is 0 Å². The molecule has 0 amide bonds. The Morgan fingerprint density at radius 2 is 2.08 bits per heavy atom. The molecule has 6 heteroatoms. The van der Waals surface area contributed by atoms with E-state index in [4.69, 9.17) is 0 Å². The van der Waals surface area contributed by atoms with Gasteiger partial charge < -0.3 is 5.32 Å². The van der Waals surface area contributed by atoms with E-state index in [1.165, 1.54) is 11.8 Å². The summed E-state index contributed by atoms with van der Waals surface area (Å²) in [5.74, 6) is 0.344. The molecule has 0 saturated carbocycles. The Balaban J connectivity index is 1.70. The summed E-state index contributed by atoms with van der Waals surface area (Å²) in [5.41, 5.74) is 2.22. The van der Waals surface area contributed by atoms with Gasteiger partial charge in [-0.1, -0.05) is 37.6 Å². The number of benzene rings is 1. The second-order valence-corrected chi connectivity index (χ2v) is 8.54. The molecular formula is C18H25N3O2S. The fraction of sp³-hybridized carbons (Fsp3) is 0.500. The molecule has 1 fully saturated rings. The third-order valence-corrected chi connectivity index (χ3v) is 6.23. The first-order valence-electron chi connectivity index (χ1n) is 8.50. The lowest BCUT2D eigenvalue weighted by molar-refractivity contribution is 0.202. The van der Waals surface area contributed by atoms with Crippen LogP contribution in [0.3, 0.4) is 0 Å². The zero-order chi connectivity index (χ0) is 17.2. The van der Waals surface area contributed by atoms with Crippen molar-refractivity contribution in [1.82, 2.24) is 14.6 Å². The molecule has 5 nitrogen and oxygen atoms in total. The van der Waals surface area contributed by atoms with Crippen molar-refractivity contribution in [1.29, 1.82) is 0 Å². The Morgan fingerprint density at radius 1 is 1.29 bits per heavy atom. The molecule has 0 aliphatic carbocycles. The van der Waals surface area contributed by atoms with E-state index in [9.17, 15) is 8.42 Å². The first kappa shape index (κ1) is 17.3. The van der Waals surface area contributed by atoms with Crippen LogP contribution in [0.2, 0.25) is 0 Å². The topological polar surface area (TPSA) is 62.3 Å². The monoisotopic (exact) mass is 347 g/mol. The van der Waals surface area contributed by atoms with Crippen molar-refractivity contribution in [2.75, 3.05) is 19.3 Å². The van der Waals surface area contributed by atoms with Gasteiger partial charge in [0.1, 0.15) is 0 Å². The molecule has 2 heterocycles. The predicted molar refractivity (Wildman–Crippen MR) is 97.2 cm³/mol. The van der Waals surface area contributed by atoms with Crippen molar-refractivity contribution in [3.05, 3.63) is 42.1 Å². The summed E-state index contributed by atoms with van der Waals surface area (Å²) < 4.78 is 25.2. The molecule has 1 aliphatic heterocycles. The Morgan fingerprint density at radius 3 is 2.83 bits per heavy atom. The van der Waals surface area contributed by atoms with Gasteiger partial charge in [0, 0.05) is 37.3 Å². The summed E-state index contributed by atoms with van der Waals surface area (Å²) in [4.78, 5) is 4.50. The number of hydrogen-bond acceptors (Lipinski definition) is 4. The van der Waals surface area contributed by atoms with Gasteiger partial charge in [-0.25, -0.2) is 12.7 Å². The van der Waals surface area contributed by atoms with Crippen LogP contribution < -0.4 is 5.32 Å². The van der Waals surface area contributed by atoms with Gasteiger partial charge in [-0.2, -0.15) is 0 Å². The van der Waals surface area contributed by atoms with Crippen LogP contribution in [-0.2, 0) is 16.6 Å². The molecule has 1 aromatic carbocycles. The van der Waals surface area contributed by atoms with Crippen molar-refractivity contribution < 1.29 is 8.42 Å². The van der Waals surface area contributed by atoms with Crippen molar-refractivity contribution in [2.24, 2.45) is 5.92 Å². The summed E-state index contributed by atoms with van der Waals surface area (Å²) in [6.45, 7) is 4.10. The average molecular weight is 347 g/mol. The van der Waals surface area contributed by atoms with Crippen molar-refractivity contribution >= 4 is 20.9 Å². The number of piperidine rings is 1. The van der Waals surface area contributed by atoms with Gasteiger partial charge in [0.15, 0.2) is 0 Å². The number of pyridine rings is 1. The third-order valence-electron chi connectivity index (χ3n) is 4.96. The number of hydrogen-bond donors (Lipinski definition) is 1. The zero-order valence-electron chi connectivity index (χ0n) is 14.3. The van der Waals surface area contributed by atoms with Gasteiger partial charge in [0.05, 0.1) is 11.8 Å². The Bertz CT molecular complexity index is 802. The van der Waals surface area contributed by atoms with Gasteiger partial charge in [0.2, 0.25) is 10.0 Å². The van der Waals surface area contributed by atoms with E-state index in [1.54, 1.807) is 4.31 Å². The van der Waals surface area contributed by atoms with Crippen LogP contribution in [0, 0.1) is 5.92 Å².